The number of guanidine groups is 1. The van der Waals surface area contributed by atoms with E-state index in [0.717, 1.165) is 50.4 Å². The van der Waals surface area contributed by atoms with Crippen LogP contribution >= 0.6 is 24.0 Å². The Labute approximate surface area is 160 Å². The zero-order valence-electron chi connectivity index (χ0n) is 14.4. The summed E-state index contributed by atoms with van der Waals surface area (Å²) in [4.78, 5) is 4.27. The molecule has 1 unspecified atom stereocenters. The van der Waals surface area contributed by atoms with Crippen LogP contribution in [0.1, 0.15) is 38.2 Å². The van der Waals surface area contributed by atoms with E-state index in [4.69, 9.17) is 4.74 Å². The highest BCUT2D eigenvalue weighted by molar-refractivity contribution is 14.0. The van der Waals surface area contributed by atoms with Gasteiger partial charge >= 0.3 is 0 Å². The Balaban J connectivity index is 0.00000208. The minimum absolute atomic E-state index is 0. The van der Waals surface area contributed by atoms with E-state index in [1.54, 1.807) is 19.2 Å². The van der Waals surface area contributed by atoms with Crippen LogP contribution in [-0.4, -0.2) is 38.3 Å². The number of benzene rings is 1. The summed E-state index contributed by atoms with van der Waals surface area (Å²) in [5.41, 5.74) is 0.617. The summed E-state index contributed by atoms with van der Waals surface area (Å²) in [5, 5.41) is 6.69. The maximum atomic E-state index is 14.0. The lowest BCUT2D eigenvalue weighted by atomic mass is 9.95. The smallest absolute Gasteiger partial charge is 0.191 e. The molecule has 3 rings (SSSR count). The molecule has 1 saturated heterocycles. The van der Waals surface area contributed by atoms with Crippen molar-refractivity contribution in [2.45, 2.75) is 43.6 Å². The largest absolute Gasteiger partial charge is 0.373 e. The molecule has 1 heterocycles. The van der Waals surface area contributed by atoms with Gasteiger partial charge in [-0.15, -0.1) is 24.0 Å². The van der Waals surface area contributed by atoms with Gasteiger partial charge in [0.15, 0.2) is 5.96 Å². The predicted octanol–water partition coefficient (Wildman–Crippen LogP) is 3.21. The minimum atomic E-state index is -0.111. The third kappa shape index (κ3) is 4.39. The Kier molecular flexibility index (Phi) is 6.47. The highest BCUT2D eigenvalue weighted by Gasteiger charge is 2.45. The summed E-state index contributed by atoms with van der Waals surface area (Å²) < 4.78 is 19.8. The maximum Gasteiger partial charge on any atom is 0.191 e. The van der Waals surface area contributed by atoms with Gasteiger partial charge in [0.05, 0.1) is 5.60 Å². The molecule has 0 radical (unpaired) electrons. The van der Waals surface area contributed by atoms with Crippen LogP contribution in [0.25, 0.3) is 0 Å². The molecule has 1 saturated carbocycles. The summed E-state index contributed by atoms with van der Waals surface area (Å²) in [7, 11) is 1.76. The summed E-state index contributed by atoms with van der Waals surface area (Å²) >= 11 is 0. The number of hydrogen-bond acceptors (Lipinski definition) is 2. The minimum Gasteiger partial charge on any atom is -0.373 e. The number of nitrogens with zero attached hydrogens (tertiary/aromatic N) is 1. The van der Waals surface area contributed by atoms with Crippen molar-refractivity contribution in [1.82, 2.24) is 10.6 Å². The second-order valence-electron chi connectivity index (χ2n) is 6.94. The van der Waals surface area contributed by atoms with Crippen LogP contribution in [0.5, 0.6) is 0 Å². The third-order valence-electron chi connectivity index (χ3n) is 5.05. The van der Waals surface area contributed by atoms with Crippen LogP contribution in [0, 0.1) is 5.82 Å². The number of aliphatic imine (C=N–C) groups is 1. The van der Waals surface area contributed by atoms with Gasteiger partial charge in [-0.25, -0.2) is 4.39 Å². The van der Waals surface area contributed by atoms with E-state index in [-0.39, 0.29) is 40.8 Å². The summed E-state index contributed by atoms with van der Waals surface area (Å²) in [6, 6.07) is 7.09. The molecule has 2 aliphatic rings. The van der Waals surface area contributed by atoms with Gasteiger partial charge in [0.25, 0.3) is 0 Å². The molecule has 134 valence electrons. The van der Waals surface area contributed by atoms with Crippen LogP contribution < -0.4 is 10.6 Å². The van der Waals surface area contributed by atoms with Crippen molar-refractivity contribution in [1.29, 1.82) is 0 Å². The van der Waals surface area contributed by atoms with E-state index in [1.165, 1.54) is 0 Å². The summed E-state index contributed by atoms with van der Waals surface area (Å²) in [6.45, 7) is 4.40. The van der Waals surface area contributed by atoms with Gasteiger partial charge in [-0.05, 0) is 44.2 Å². The van der Waals surface area contributed by atoms with Crippen molar-refractivity contribution in [3.63, 3.8) is 0 Å². The van der Waals surface area contributed by atoms with E-state index < -0.39 is 0 Å². The zero-order valence-corrected chi connectivity index (χ0v) is 16.7. The quantitative estimate of drug-likeness (QED) is 0.414. The standard InChI is InChI=1S/C18H26FN3O.HI/c1-17(8-5-11-23-17)12-21-16(20-2)22-13-18(9-10-18)14-6-3-4-7-15(14)19;/h3-4,6-7H,5,8-13H2,1-2H3,(H2,20,21,22);1H. The first-order valence-corrected chi connectivity index (χ1v) is 8.40. The monoisotopic (exact) mass is 447 g/mol. The average molecular weight is 447 g/mol. The van der Waals surface area contributed by atoms with E-state index in [1.807, 2.05) is 12.1 Å². The topological polar surface area (TPSA) is 45.7 Å². The van der Waals surface area contributed by atoms with Gasteiger partial charge in [-0.1, -0.05) is 18.2 Å². The van der Waals surface area contributed by atoms with Crippen molar-refractivity contribution < 1.29 is 9.13 Å². The number of ether oxygens (including phenoxy) is 1. The molecule has 24 heavy (non-hydrogen) atoms. The molecule has 1 aliphatic carbocycles. The van der Waals surface area contributed by atoms with E-state index >= 15 is 0 Å². The second kappa shape index (κ2) is 7.99. The highest BCUT2D eigenvalue weighted by atomic mass is 127. The molecule has 0 bridgehead atoms. The lowest BCUT2D eigenvalue weighted by Gasteiger charge is -2.25. The highest BCUT2D eigenvalue weighted by Crippen LogP contribution is 2.48. The zero-order chi connectivity index (χ0) is 16.3. The maximum absolute atomic E-state index is 14.0. The lowest BCUT2D eigenvalue weighted by molar-refractivity contribution is 0.0243. The van der Waals surface area contributed by atoms with Crippen LogP contribution in [-0.2, 0) is 10.2 Å². The van der Waals surface area contributed by atoms with Gasteiger partial charge in [0.1, 0.15) is 5.82 Å². The third-order valence-corrected chi connectivity index (χ3v) is 5.05. The van der Waals surface area contributed by atoms with Crippen molar-refractivity contribution in [2.24, 2.45) is 4.99 Å². The number of nitrogens with one attached hydrogen (secondary N) is 2. The normalized spacial score (nSPS) is 25.0. The lowest BCUT2D eigenvalue weighted by Crippen LogP contribution is -2.47. The molecule has 0 amide bonds. The van der Waals surface area contributed by atoms with E-state index in [9.17, 15) is 4.39 Å². The van der Waals surface area contributed by atoms with Crippen molar-refractivity contribution in [3.8, 4) is 0 Å². The molecule has 2 fully saturated rings. The van der Waals surface area contributed by atoms with Crippen LogP contribution in [0.15, 0.2) is 29.3 Å². The molecule has 0 aromatic heterocycles. The molecule has 1 aliphatic heterocycles. The van der Waals surface area contributed by atoms with Crippen LogP contribution in [0.2, 0.25) is 0 Å². The molecule has 4 nitrogen and oxygen atoms in total. The molecule has 6 heteroatoms. The van der Waals surface area contributed by atoms with Crippen LogP contribution in [0.3, 0.4) is 0 Å². The van der Waals surface area contributed by atoms with Gasteiger partial charge in [0.2, 0.25) is 0 Å². The Morgan fingerprint density at radius 3 is 2.50 bits per heavy atom. The van der Waals surface area contributed by atoms with Gasteiger partial charge in [-0.3, -0.25) is 4.99 Å². The average Bonchev–Trinajstić information content (AvgIpc) is 3.22. The van der Waals surface area contributed by atoms with E-state index in [0.29, 0.717) is 6.54 Å². The number of hydrogen-bond donors (Lipinski definition) is 2. The second-order valence-corrected chi connectivity index (χ2v) is 6.94. The Morgan fingerprint density at radius 1 is 1.21 bits per heavy atom. The predicted molar refractivity (Wildman–Crippen MR) is 106 cm³/mol. The fourth-order valence-electron chi connectivity index (χ4n) is 3.30. The first-order valence-electron chi connectivity index (χ1n) is 8.40. The van der Waals surface area contributed by atoms with Gasteiger partial charge in [0, 0.05) is 32.2 Å². The number of halogens is 2. The Bertz CT molecular complexity index is 583. The van der Waals surface area contributed by atoms with Crippen molar-refractivity contribution in [3.05, 3.63) is 35.6 Å². The molecule has 1 aromatic carbocycles. The summed E-state index contributed by atoms with van der Waals surface area (Å²) in [5.74, 6) is 0.644. The SMILES string of the molecule is CN=C(NCC1(C)CCCO1)NCC1(c2ccccc2F)CC1.I. The first-order chi connectivity index (χ1) is 11.1. The van der Waals surface area contributed by atoms with E-state index in [2.05, 4.69) is 22.5 Å². The molecule has 2 N–H and O–H groups in total. The molecular weight excluding hydrogens is 420 g/mol. The van der Waals surface area contributed by atoms with Gasteiger partial charge in [-0.2, -0.15) is 0 Å². The first kappa shape index (κ1) is 19.4. The number of rotatable bonds is 5. The van der Waals surface area contributed by atoms with Crippen molar-refractivity contribution in [2.75, 3.05) is 26.7 Å². The Morgan fingerprint density at radius 2 is 1.92 bits per heavy atom. The molecule has 1 aromatic rings. The summed E-state index contributed by atoms with van der Waals surface area (Å²) in [6.07, 6.45) is 4.20. The van der Waals surface area contributed by atoms with Crippen LogP contribution in [0.4, 0.5) is 4.39 Å². The fraction of sp³-hybridized carbons (Fsp3) is 0.611. The fourth-order valence-corrected chi connectivity index (χ4v) is 3.30. The molecule has 0 spiro atoms. The van der Waals surface area contributed by atoms with Gasteiger partial charge < -0.3 is 15.4 Å². The van der Waals surface area contributed by atoms with Crippen molar-refractivity contribution >= 4 is 29.9 Å². The molecular formula is C18H27FIN3O. The molecule has 1 atom stereocenters. The Hall–Kier alpha value is -0.890.